The van der Waals surface area contributed by atoms with Crippen LogP contribution in [0.5, 0.6) is 11.5 Å². The lowest BCUT2D eigenvalue weighted by molar-refractivity contribution is -0.139. The summed E-state index contributed by atoms with van der Waals surface area (Å²) in [7, 11) is 0. The molecule has 1 atom stereocenters. The lowest BCUT2D eigenvalue weighted by Crippen LogP contribution is -2.01. The minimum Gasteiger partial charge on any atom is -0.454 e. The summed E-state index contributed by atoms with van der Waals surface area (Å²) in [5.74, 6) is 0.868. The molecule has 0 amide bonds. The molecule has 0 saturated carbocycles. The van der Waals surface area contributed by atoms with Crippen LogP contribution < -0.4 is 9.47 Å². The van der Waals surface area contributed by atoms with Gasteiger partial charge >= 0.3 is 5.97 Å². The van der Waals surface area contributed by atoms with Gasteiger partial charge < -0.3 is 14.2 Å². The van der Waals surface area contributed by atoms with Crippen molar-refractivity contribution in [2.45, 2.75) is 6.10 Å². The van der Waals surface area contributed by atoms with Crippen LogP contribution in [-0.4, -0.2) is 12.8 Å². The zero-order valence-corrected chi connectivity index (χ0v) is 11.3. The highest BCUT2D eigenvalue weighted by Gasteiger charge is 2.33. The van der Waals surface area contributed by atoms with Crippen LogP contribution >= 0.6 is 34.2 Å². The smallest absolute Gasteiger partial charge is 0.351 e. The van der Waals surface area contributed by atoms with Crippen LogP contribution in [0.2, 0.25) is 0 Å². The SMILES string of the molecule is O=C1OC(c2ccc3c(c2)OCO3)C(I)=C1Cl. The fourth-order valence-electron chi connectivity index (χ4n) is 1.71. The third-order valence-corrected chi connectivity index (χ3v) is 4.33. The highest BCUT2D eigenvalue weighted by Crippen LogP contribution is 2.43. The Morgan fingerprint density at radius 3 is 2.76 bits per heavy atom. The van der Waals surface area contributed by atoms with Crippen molar-refractivity contribution in [3.05, 3.63) is 32.4 Å². The molecular weight excluding hydrogens is 358 g/mol. The summed E-state index contributed by atoms with van der Waals surface area (Å²) in [5.41, 5.74) is 0.822. The number of hydrogen-bond donors (Lipinski definition) is 0. The number of halogens is 2. The molecule has 0 saturated heterocycles. The Balaban J connectivity index is 1.99. The Morgan fingerprint density at radius 1 is 1.29 bits per heavy atom. The molecule has 3 rings (SSSR count). The first-order chi connectivity index (χ1) is 8.16. The normalized spacial score (nSPS) is 22.0. The summed E-state index contributed by atoms with van der Waals surface area (Å²) in [4.78, 5) is 11.3. The molecule has 2 aliphatic heterocycles. The first-order valence-electron chi connectivity index (χ1n) is 4.82. The van der Waals surface area contributed by atoms with E-state index in [0.29, 0.717) is 15.1 Å². The topological polar surface area (TPSA) is 44.8 Å². The first-order valence-corrected chi connectivity index (χ1v) is 6.28. The summed E-state index contributed by atoms with van der Waals surface area (Å²) in [5, 5.41) is 0.147. The second-order valence-corrected chi connectivity index (χ2v) is 5.10. The molecule has 0 radical (unpaired) electrons. The van der Waals surface area contributed by atoms with Crippen molar-refractivity contribution >= 4 is 40.2 Å². The summed E-state index contributed by atoms with van der Waals surface area (Å²) in [6, 6.07) is 5.43. The van der Waals surface area contributed by atoms with Gasteiger partial charge in [-0.3, -0.25) is 0 Å². The molecule has 1 unspecified atom stereocenters. The third-order valence-electron chi connectivity index (χ3n) is 2.54. The maximum absolute atomic E-state index is 11.3. The van der Waals surface area contributed by atoms with E-state index in [-0.39, 0.29) is 11.8 Å². The monoisotopic (exact) mass is 364 g/mol. The number of hydrogen-bond acceptors (Lipinski definition) is 4. The molecule has 0 aliphatic carbocycles. The Morgan fingerprint density at radius 2 is 2.06 bits per heavy atom. The van der Waals surface area contributed by atoms with Crippen LogP contribution in [0.3, 0.4) is 0 Å². The van der Waals surface area contributed by atoms with Gasteiger partial charge in [-0.1, -0.05) is 17.7 Å². The average molecular weight is 365 g/mol. The Labute approximate surface area is 116 Å². The molecule has 1 aromatic rings. The van der Waals surface area contributed by atoms with E-state index in [2.05, 4.69) is 0 Å². The van der Waals surface area contributed by atoms with Gasteiger partial charge in [0, 0.05) is 5.56 Å². The van der Waals surface area contributed by atoms with Gasteiger partial charge in [0.05, 0.1) is 3.58 Å². The highest BCUT2D eigenvalue weighted by atomic mass is 127. The maximum atomic E-state index is 11.3. The van der Waals surface area contributed by atoms with E-state index in [1.165, 1.54) is 0 Å². The number of ether oxygens (including phenoxy) is 3. The van der Waals surface area contributed by atoms with E-state index < -0.39 is 12.1 Å². The van der Waals surface area contributed by atoms with Crippen LogP contribution in [0, 0.1) is 0 Å². The first kappa shape index (κ1) is 11.2. The minimum absolute atomic E-state index is 0.147. The predicted octanol–water partition coefficient (Wildman–Crippen LogP) is 2.90. The van der Waals surface area contributed by atoms with Gasteiger partial charge in [0.15, 0.2) is 17.6 Å². The maximum Gasteiger partial charge on any atom is 0.351 e. The molecule has 0 N–H and O–H groups in total. The van der Waals surface area contributed by atoms with Gasteiger partial charge in [-0.15, -0.1) is 0 Å². The fourth-order valence-corrected chi connectivity index (χ4v) is 2.56. The number of carbonyl (C=O) groups excluding carboxylic acids is 1. The molecule has 6 heteroatoms. The number of esters is 1. The minimum atomic E-state index is -0.487. The van der Waals surface area contributed by atoms with Crippen molar-refractivity contribution in [2.75, 3.05) is 6.79 Å². The molecule has 0 spiro atoms. The van der Waals surface area contributed by atoms with E-state index in [9.17, 15) is 4.79 Å². The van der Waals surface area contributed by atoms with Crippen molar-refractivity contribution < 1.29 is 19.0 Å². The molecule has 4 nitrogen and oxygen atoms in total. The molecule has 1 aromatic carbocycles. The third kappa shape index (κ3) is 1.77. The van der Waals surface area contributed by atoms with Gasteiger partial charge in [-0.05, 0) is 34.7 Å². The predicted molar refractivity (Wildman–Crippen MR) is 68.3 cm³/mol. The van der Waals surface area contributed by atoms with Crippen LogP contribution in [0.15, 0.2) is 26.8 Å². The van der Waals surface area contributed by atoms with E-state index in [1.807, 2.05) is 28.7 Å². The zero-order valence-electron chi connectivity index (χ0n) is 8.41. The van der Waals surface area contributed by atoms with Gasteiger partial charge in [-0.2, -0.15) is 0 Å². The second-order valence-electron chi connectivity index (χ2n) is 3.56. The molecular formula is C11H6ClIO4. The Hall–Kier alpha value is -0.950. The van der Waals surface area contributed by atoms with Gasteiger partial charge in [0.1, 0.15) is 5.03 Å². The Bertz CT molecular complexity index is 540. The van der Waals surface area contributed by atoms with E-state index in [1.54, 1.807) is 12.1 Å². The lowest BCUT2D eigenvalue weighted by atomic mass is 10.1. The van der Waals surface area contributed by atoms with Crippen LogP contribution in [-0.2, 0) is 9.53 Å². The van der Waals surface area contributed by atoms with E-state index >= 15 is 0 Å². The standard InChI is InChI=1S/C11H6ClIO4/c12-8-9(13)10(17-11(8)14)5-1-2-6-7(3-5)16-4-15-6/h1-3,10H,4H2. The number of rotatable bonds is 1. The van der Waals surface area contributed by atoms with Gasteiger partial charge in [-0.25, -0.2) is 4.79 Å². The summed E-state index contributed by atoms with van der Waals surface area (Å²) in [6.07, 6.45) is -0.440. The lowest BCUT2D eigenvalue weighted by Gasteiger charge is -2.11. The van der Waals surface area contributed by atoms with Crippen LogP contribution in [0.1, 0.15) is 11.7 Å². The summed E-state index contributed by atoms with van der Waals surface area (Å²) < 4.78 is 16.4. The zero-order chi connectivity index (χ0) is 12.0. The van der Waals surface area contributed by atoms with Crippen LogP contribution in [0.25, 0.3) is 0 Å². The largest absolute Gasteiger partial charge is 0.454 e. The number of carbonyl (C=O) groups is 1. The summed E-state index contributed by atoms with van der Waals surface area (Å²) >= 11 is 7.83. The van der Waals surface area contributed by atoms with Crippen molar-refractivity contribution in [1.29, 1.82) is 0 Å². The molecule has 0 bridgehead atoms. The molecule has 2 aliphatic rings. The molecule has 0 fully saturated rings. The van der Waals surface area contributed by atoms with Crippen molar-refractivity contribution in [2.24, 2.45) is 0 Å². The Kier molecular flexibility index (Phi) is 2.67. The number of benzene rings is 1. The number of fused-ring (bicyclic) bond motifs is 1. The van der Waals surface area contributed by atoms with Crippen molar-refractivity contribution in [1.82, 2.24) is 0 Å². The second kappa shape index (κ2) is 4.06. The van der Waals surface area contributed by atoms with Crippen molar-refractivity contribution in [3.63, 3.8) is 0 Å². The van der Waals surface area contributed by atoms with Crippen LogP contribution in [0.4, 0.5) is 0 Å². The van der Waals surface area contributed by atoms with Crippen molar-refractivity contribution in [3.8, 4) is 11.5 Å². The quantitative estimate of drug-likeness (QED) is 0.568. The fraction of sp³-hybridized carbons (Fsp3) is 0.182. The van der Waals surface area contributed by atoms with Gasteiger partial charge in [0.25, 0.3) is 0 Å². The molecule has 88 valence electrons. The van der Waals surface area contributed by atoms with E-state index in [0.717, 1.165) is 5.56 Å². The average Bonchev–Trinajstić information content (AvgIpc) is 2.89. The molecule has 2 heterocycles. The van der Waals surface area contributed by atoms with Gasteiger partial charge in [0.2, 0.25) is 6.79 Å². The summed E-state index contributed by atoms with van der Waals surface area (Å²) in [6.45, 7) is 0.219. The molecule has 17 heavy (non-hydrogen) atoms. The highest BCUT2D eigenvalue weighted by molar-refractivity contribution is 14.1. The van der Waals surface area contributed by atoms with E-state index in [4.69, 9.17) is 25.8 Å². The number of cyclic esters (lactones) is 1. The molecule has 0 aromatic heterocycles.